The van der Waals surface area contributed by atoms with Crippen LogP contribution in [0.25, 0.3) is 0 Å². The first-order chi connectivity index (χ1) is 8.84. The van der Waals surface area contributed by atoms with Crippen LogP contribution in [0.15, 0.2) is 34.2 Å². The molecule has 0 saturated heterocycles. The van der Waals surface area contributed by atoms with E-state index >= 15 is 0 Å². The topological polar surface area (TPSA) is 61.8 Å². The number of halogens is 1. The fourth-order valence-corrected chi connectivity index (χ4v) is 2.29. The maximum atomic E-state index is 11.3. The summed E-state index contributed by atoms with van der Waals surface area (Å²) in [6, 6.07) is 6.98. The second-order valence-electron chi connectivity index (χ2n) is 4.53. The van der Waals surface area contributed by atoms with Gasteiger partial charge in [-0.25, -0.2) is 8.42 Å². The summed E-state index contributed by atoms with van der Waals surface area (Å²) < 4.78 is 22.7. The van der Waals surface area contributed by atoms with Crippen LogP contribution < -0.4 is 5.32 Å². The standard InChI is InChI=1S/C13H21N3O2S.HI/c1-14-13(16(2)3)15-10-9-11-5-7-12(8-6-11)19(4,17)18;/h5-8H,9-10H2,1-4H3,(H,14,15);1H. The van der Waals surface area contributed by atoms with Crippen molar-refractivity contribution >= 4 is 39.8 Å². The molecule has 0 atom stereocenters. The van der Waals surface area contributed by atoms with Crippen molar-refractivity contribution in [1.29, 1.82) is 0 Å². The van der Waals surface area contributed by atoms with E-state index in [9.17, 15) is 8.42 Å². The molecule has 0 heterocycles. The number of hydrogen-bond donors (Lipinski definition) is 1. The van der Waals surface area contributed by atoms with Crippen molar-refractivity contribution in [3.05, 3.63) is 29.8 Å². The van der Waals surface area contributed by atoms with Crippen molar-refractivity contribution in [1.82, 2.24) is 10.2 Å². The van der Waals surface area contributed by atoms with Gasteiger partial charge in [0.15, 0.2) is 15.8 Å². The molecule has 0 fully saturated rings. The van der Waals surface area contributed by atoms with Gasteiger partial charge in [-0.2, -0.15) is 0 Å². The summed E-state index contributed by atoms with van der Waals surface area (Å²) in [5.41, 5.74) is 1.09. The minimum Gasteiger partial charge on any atom is -0.356 e. The van der Waals surface area contributed by atoms with Crippen molar-refractivity contribution in [2.45, 2.75) is 11.3 Å². The van der Waals surface area contributed by atoms with Gasteiger partial charge in [0.05, 0.1) is 4.90 Å². The maximum Gasteiger partial charge on any atom is 0.193 e. The SMILES string of the molecule is CN=C(NCCc1ccc(S(C)(=O)=O)cc1)N(C)C.I. The molecule has 0 aliphatic rings. The van der Waals surface area contributed by atoms with Gasteiger partial charge >= 0.3 is 0 Å². The Balaban J connectivity index is 0.00000361. The second kappa shape index (κ2) is 8.46. The predicted octanol–water partition coefficient (Wildman–Crippen LogP) is 1.39. The Bertz CT molecular complexity index is 539. The molecule has 1 aromatic rings. The van der Waals surface area contributed by atoms with Crippen molar-refractivity contribution in [2.24, 2.45) is 4.99 Å². The summed E-state index contributed by atoms with van der Waals surface area (Å²) in [7, 11) is 2.48. The molecule has 7 heteroatoms. The Labute approximate surface area is 138 Å². The first kappa shape index (κ1) is 19.2. The minimum atomic E-state index is -3.11. The molecular weight excluding hydrogens is 389 g/mol. The van der Waals surface area contributed by atoms with Crippen molar-refractivity contribution in [3.8, 4) is 0 Å². The van der Waals surface area contributed by atoms with Crippen LogP contribution in [0.3, 0.4) is 0 Å². The van der Waals surface area contributed by atoms with Gasteiger partial charge in [-0.1, -0.05) is 12.1 Å². The first-order valence-electron chi connectivity index (χ1n) is 6.01. The lowest BCUT2D eigenvalue weighted by atomic mass is 10.1. The van der Waals surface area contributed by atoms with Gasteiger partial charge < -0.3 is 10.2 Å². The largest absolute Gasteiger partial charge is 0.356 e. The summed E-state index contributed by atoms with van der Waals surface area (Å²) in [5, 5.41) is 3.22. The number of guanidine groups is 1. The lowest BCUT2D eigenvalue weighted by Gasteiger charge is -2.16. The average molecular weight is 411 g/mol. The van der Waals surface area contributed by atoms with E-state index in [1.807, 2.05) is 31.1 Å². The molecule has 0 radical (unpaired) electrons. The maximum absolute atomic E-state index is 11.3. The summed E-state index contributed by atoms with van der Waals surface area (Å²) >= 11 is 0. The van der Waals surface area contributed by atoms with Gasteiger partial charge in [0, 0.05) is 33.9 Å². The van der Waals surface area contributed by atoms with E-state index in [4.69, 9.17) is 0 Å². The lowest BCUT2D eigenvalue weighted by Crippen LogP contribution is -2.37. The number of sulfone groups is 1. The number of benzene rings is 1. The summed E-state index contributed by atoms with van der Waals surface area (Å²) in [5.74, 6) is 0.827. The minimum absolute atomic E-state index is 0. The van der Waals surface area contributed by atoms with E-state index in [1.54, 1.807) is 19.2 Å². The molecule has 20 heavy (non-hydrogen) atoms. The highest BCUT2D eigenvalue weighted by Crippen LogP contribution is 2.10. The van der Waals surface area contributed by atoms with Crippen molar-refractivity contribution in [3.63, 3.8) is 0 Å². The molecule has 5 nitrogen and oxygen atoms in total. The van der Waals surface area contributed by atoms with Crippen LogP contribution in [0.5, 0.6) is 0 Å². The Hall–Kier alpha value is -0.830. The van der Waals surface area contributed by atoms with E-state index < -0.39 is 9.84 Å². The lowest BCUT2D eigenvalue weighted by molar-refractivity contribution is 0.583. The van der Waals surface area contributed by atoms with Gasteiger partial charge in [-0.05, 0) is 24.1 Å². The van der Waals surface area contributed by atoms with Crippen LogP contribution in [0.4, 0.5) is 0 Å². The van der Waals surface area contributed by atoms with Gasteiger partial charge in [0.1, 0.15) is 0 Å². The summed E-state index contributed by atoms with van der Waals surface area (Å²) in [4.78, 5) is 6.38. The Morgan fingerprint density at radius 3 is 2.20 bits per heavy atom. The van der Waals surface area contributed by atoms with Crippen LogP contribution in [-0.4, -0.2) is 53.2 Å². The molecule has 0 aliphatic carbocycles. The third kappa shape index (κ3) is 6.08. The van der Waals surface area contributed by atoms with E-state index in [-0.39, 0.29) is 24.0 Å². The van der Waals surface area contributed by atoms with Crippen molar-refractivity contribution in [2.75, 3.05) is 33.9 Å². The molecule has 0 aliphatic heterocycles. The quantitative estimate of drug-likeness (QED) is 0.462. The fourth-order valence-electron chi connectivity index (χ4n) is 1.66. The molecule has 0 aromatic heterocycles. The molecule has 0 amide bonds. The van der Waals surface area contributed by atoms with Crippen LogP contribution in [0.2, 0.25) is 0 Å². The van der Waals surface area contributed by atoms with Crippen LogP contribution in [0.1, 0.15) is 5.56 Å². The molecule has 0 spiro atoms. The third-order valence-electron chi connectivity index (χ3n) is 2.68. The monoisotopic (exact) mass is 411 g/mol. The molecule has 0 unspecified atom stereocenters. The average Bonchev–Trinajstić information content (AvgIpc) is 2.33. The van der Waals surface area contributed by atoms with Crippen LogP contribution in [0, 0.1) is 0 Å². The fraction of sp³-hybridized carbons (Fsp3) is 0.462. The summed E-state index contributed by atoms with van der Waals surface area (Å²) in [6.45, 7) is 0.753. The van der Waals surface area contributed by atoms with Gasteiger partial charge in [0.25, 0.3) is 0 Å². The molecule has 0 saturated carbocycles. The molecule has 1 rings (SSSR count). The number of nitrogens with zero attached hydrogens (tertiary/aromatic N) is 2. The zero-order valence-electron chi connectivity index (χ0n) is 12.3. The molecule has 1 N–H and O–H groups in total. The molecule has 0 bridgehead atoms. The zero-order chi connectivity index (χ0) is 14.5. The van der Waals surface area contributed by atoms with Gasteiger partial charge in [-0.3, -0.25) is 4.99 Å². The van der Waals surface area contributed by atoms with E-state index in [0.717, 1.165) is 24.5 Å². The Kier molecular flexibility index (Phi) is 8.10. The van der Waals surface area contributed by atoms with Crippen LogP contribution in [-0.2, 0) is 16.3 Å². The molecular formula is C13H22IN3O2S. The number of aliphatic imine (C=N–C) groups is 1. The Morgan fingerprint density at radius 1 is 1.25 bits per heavy atom. The highest BCUT2D eigenvalue weighted by atomic mass is 127. The molecule has 1 aromatic carbocycles. The normalized spacial score (nSPS) is 11.7. The highest BCUT2D eigenvalue weighted by Gasteiger charge is 2.06. The van der Waals surface area contributed by atoms with Crippen LogP contribution >= 0.6 is 24.0 Å². The third-order valence-corrected chi connectivity index (χ3v) is 3.81. The van der Waals surface area contributed by atoms with Gasteiger partial charge in [0.2, 0.25) is 0 Å². The number of rotatable bonds is 4. The summed E-state index contributed by atoms with van der Waals surface area (Å²) in [6.07, 6.45) is 2.03. The Morgan fingerprint density at radius 2 is 1.80 bits per heavy atom. The number of nitrogens with one attached hydrogen (secondary N) is 1. The van der Waals surface area contributed by atoms with E-state index in [2.05, 4.69) is 10.3 Å². The van der Waals surface area contributed by atoms with Gasteiger partial charge in [-0.15, -0.1) is 24.0 Å². The predicted molar refractivity (Wildman–Crippen MR) is 93.7 cm³/mol. The van der Waals surface area contributed by atoms with Crippen molar-refractivity contribution < 1.29 is 8.42 Å². The highest BCUT2D eigenvalue weighted by molar-refractivity contribution is 14.0. The zero-order valence-corrected chi connectivity index (χ0v) is 15.4. The van der Waals surface area contributed by atoms with E-state index in [1.165, 1.54) is 6.26 Å². The second-order valence-corrected chi connectivity index (χ2v) is 6.55. The number of hydrogen-bond acceptors (Lipinski definition) is 3. The molecule has 114 valence electrons. The van der Waals surface area contributed by atoms with E-state index in [0.29, 0.717) is 4.90 Å². The first-order valence-corrected chi connectivity index (χ1v) is 7.90. The smallest absolute Gasteiger partial charge is 0.193 e.